The topological polar surface area (TPSA) is 132 Å². The normalized spacial score (nSPS) is 11.1. The van der Waals surface area contributed by atoms with Crippen LogP contribution in [-0.2, 0) is 9.59 Å². The third-order valence-electron chi connectivity index (χ3n) is 4.90. The van der Waals surface area contributed by atoms with Crippen molar-refractivity contribution in [2.75, 3.05) is 19.5 Å². The number of pyridine rings is 1. The molecule has 0 fully saturated rings. The third-order valence-corrected chi connectivity index (χ3v) is 5.88. The number of carbonyl (C=O) groups excluding carboxylic acids is 1. The predicted octanol–water partition coefficient (Wildman–Crippen LogP) is 5.37. The Morgan fingerprint density at radius 2 is 1.60 bits per heavy atom. The van der Waals surface area contributed by atoms with Crippen LogP contribution in [0.15, 0.2) is 71.8 Å². The van der Waals surface area contributed by atoms with Crippen LogP contribution in [-0.4, -0.2) is 64.2 Å². The van der Waals surface area contributed by atoms with Crippen molar-refractivity contribution in [1.82, 2.24) is 4.98 Å². The number of methoxy groups -OCH3 is 1. The Hall–Kier alpha value is -4.26. The molecule has 0 spiro atoms. The Morgan fingerprint density at radius 1 is 0.950 bits per heavy atom. The number of ketones is 1. The molecule has 0 bridgehead atoms. The van der Waals surface area contributed by atoms with E-state index < -0.39 is 23.7 Å². The molecule has 0 radical (unpaired) electrons. The van der Waals surface area contributed by atoms with E-state index in [0.717, 1.165) is 5.75 Å². The predicted molar refractivity (Wildman–Crippen MR) is 139 cm³/mol. The molecular weight excluding hydrogens is 555 g/mol. The highest BCUT2D eigenvalue weighted by atomic mass is 32.2. The van der Waals surface area contributed by atoms with E-state index in [0.29, 0.717) is 23.8 Å². The molecule has 3 rings (SSSR count). The van der Waals surface area contributed by atoms with Crippen LogP contribution in [0.2, 0.25) is 0 Å². The van der Waals surface area contributed by atoms with Crippen LogP contribution in [0.25, 0.3) is 0 Å². The number of alkyl halides is 3. The lowest BCUT2D eigenvalue weighted by atomic mass is 10.0. The summed E-state index contributed by atoms with van der Waals surface area (Å²) < 4.78 is 48.2. The van der Waals surface area contributed by atoms with Crippen molar-refractivity contribution in [3.63, 3.8) is 0 Å². The summed E-state index contributed by atoms with van der Waals surface area (Å²) in [4.78, 5) is 38.9. The monoisotopic (exact) mass is 581 g/mol. The zero-order valence-corrected chi connectivity index (χ0v) is 22.4. The second kappa shape index (κ2) is 14.2. The first-order chi connectivity index (χ1) is 18.7. The Labute approximate surface area is 231 Å². The minimum Gasteiger partial charge on any atom is -0.497 e. The van der Waals surface area contributed by atoms with Crippen molar-refractivity contribution < 1.29 is 52.0 Å². The van der Waals surface area contributed by atoms with Gasteiger partial charge in [0.15, 0.2) is 11.4 Å². The molecule has 3 aromatic rings. The number of halogens is 3. The number of hydrogen-bond acceptors (Lipinski definition) is 8. The van der Waals surface area contributed by atoms with Crippen molar-refractivity contribution in [2.24, 2.45) is 0 Å². The third kappa shape index (κ3) is 9.80. The van der Waals surface area contributed by atoms with E-state index in [1.54, 1.807) is 36.0 Å². The zero-order valence-electron chi connectivity index (χ0n) is 21.6. The first kappa shape index (κ1) is 32.0. The molecule has 214 valence electrons. The molecule has 1 aromatic heterocycles. The number of carboxylic acids is 2. The average molecular weight is 582 g/mol. The summed E-state index contributed by atoms with van der Waals surface area (Å²) in [5, 5.41) is 16.5. The summed E-state index contributed by atoms with van der Waals surface area (Å²) >= 11 is 1.68. The lowest BCUT2D eigenvalue weighted by molar-refractivity contribution is -0.192. The van der Waals surface area contributed by atoms with Crippen molar-refractivity contribution in [3.8, 4) is 17.4 Å². The molecule has 1 heterocycles. The molecule has 0 unspecified atom stereocenters. The standard InChI is InChI=1S/C25H25NO6S.C2HF3O2/c1-25(2,24(28)29)32-21-15-18(30-3)10-11-20(21)23(27)17-9-12-22(26-16-17)31-13-14-33-19-7-5-4-6-8-19;3-2(4,5)1(6)7/h4-12,15-16H,13-14H2,1-3H3,(H,28,29);(H,6,7). The van der Waals surface area contributed by atoms with Crippen LogP contribution in [0, 0.1) is 0 Å². The highest BCUT2D eigenvalue weighted by Gasteiger charge is 2.38. The van der Waals surface area contributed by atoms with Gasteiger partial charge in [0, 0.05) is 34.5 Å². The van der Waals surface area contributed by atoms with Crippen LogP contribution in [0.3, 0.4) is 0 Å². The van der Waals surface area contributed by atoms with Gasteiger partial charge in [-0.3, -0.25) is 4.79 Å². The van der Waals surface area contributed by atoms with E-state index in [1.165, 1.54) is 38.1 Å². The second-order valence-electron chi connectivity index (χ2n) is 8.31. The van der Waals surface area contributed by atoms with E-state index in [1.807, 2.05) is 30.3 Å². The lowest BCUT2D eigenvalue weighted by Crippen LogP contribution is -2.38. The number of benzene rings is 2. The first-order valence-electron chi connectivity index (χ1n) is 11.5. The number of thioether (sulfide) groups is 1. The number of hydrogen-bond donors (Lipinski definition) is 2. The van der Waals surface area contributed by atoms with Gasteiger partial charge >= 0.3 is 18.1 Å². The second-order valence-corrected chi connectivity index (χ2v) is 9.48. The fourth-order valence-electron chi connectivity index (χ4n) is 2.80. The number of nitrogens with zero attached hydrogens (tertiary/aromatic N) is 1. The molecular formula is C27H26F3NO8S. The van der Waals surface area contributed by atoms with Crippen LogP contribution in [0.1, 0.15) is 29.8 Å². The summed E-state index contributed by atoms with van der Waals surface area (Å²) in [6, 6.07) is 17.9. The summed E-state index contributed by atoms with van der Waals surface area (Å²) in [6.07, 6.45) is -3.65. The minimum atomic E-state index is -5.08. The highest BCUT2D eigenvalue weighted by molar-refractivity contribution is 7.99. The molecule has 0 aliphatic carbocycles. The number of aliphatic carboxylic acids is 2. The van der Waals surface area contributed by atoms with Gasteiger partial charge in [-0.2, -0.15) is 13.2 Å². The maximum absolute atomic E-state index is 13.1. The van der Waals surface area contributed by atoms with Crippen molar-refractivity contribution in [2.45, 2.75) is 30.5 Å². The Kier molecular flexibility index (Phi) is 11.4. The van der Waals surface area contributed by atoms with Crippen LogP contribution >= 0.6 is 11.8 Å². The SMILES string of the molecule is COc1ccc(C(=O)c2ccc(OCCSc3ccccc3)nc2)c(OC(C)(C)C(=O)O)c1.O=C(O)C(F)(F)F. The van der Waals surface area contributed by atoms with Crippen LogP contribution in [0.5, 0.6) is 17.4 Å². The molecule has 0 aliphatic heterocycles. The van der Waals surface area contributed by atoms with Gasteiger partial charge in [0.05, 0.1) is 19.3 Å². The molecule has 0 saturated heterocycles. The number of aromatic nitrogens is 1. The molecule has 2 N–H and O–H groups in total. The van der Waals surface area contributed by atoms with Gasteiger partial charge in [0.1, 0.15) is 11.5 Å². The maximum Gasteiger partial charge on any atom is 0.490 e. The van der Waals surface area contributed by atoms with Gasteiger partial charge < -0.3 is 24.4 Å². The maximum atomic E-state index is 13.1. The quantitative estimate of drug-likeness (QED) is 0.173. The van der Waals surface area contributed by atoms with Gasteiger partial charge in [0.2, 0.25) is 5.88 Å². The van der Waals surface area contributed by atoms with Crippen molar-refractivity contribution >= 4 is 29.5 Å². The number of ether oxygens (including phenoxy) is 3. The van der Waals surface area contributed by atoms with E-state index in [4.69, 9.17) is 24.1 Å². The van der Waals surface area contributed by atoms with Gasteiger partial charge in [-0.05, 0) is 44.2 Å². The minimum absolute atomic E-state index is 0.116. The largest absolute Gasteiger partial charge is 0.497 e. The molecule has 40 heavy (non-hydrogen) atoms. The molecule has 0 aliphatic rings. The molecule has 0 saturated carbocycles. The van der Waals surface area contributed by atoms with Crippen molar-refractivity contribution in [3.05, 3.63) is 78.0 Å². The Bertz CT molecular complexity index is 1300. The molecule has 0 atom stereocenters. The van der Waals surface area contributed by atoms with Crippen LogP contribution in [0.4, 0.5) is 13.2 Å². The number of rotatable bonds is 11. The van der Waals surface area contributed by atoms with E-state index in [2.05, 4.69) is 4.98 Å². The van der Waals surface area contributed by atoms with Gasteiger partial charge in [-0.1, -0.05) is 18.2 Å². The highest BCUT2D eigenvalue weighted by Crippen LogP contribution is 2.30. The number of carboxylic acid groups (broad SMARTS) is 2. The van der Waals surface area contributed by atoms with Gasteiger partial charge in [-0.15, -0.1) is 11.8 Å². The van der Waals surface area contributed by atoms with E-state index >= 15 is 0 Å². The fourth-order valence-corrected chi connectivity index (χ4v) is 3.55. The summed E-state index contributed by atoms with van der Waals surface area (Å²) in [7, 11) is 1.48. The first-order valence-corrected chi connectivity index (χ1v) is 12.4. The van der Waals surface area contributed by atoms with Crippen LogP contribution < -0.4 is 14.2 Å². The van der Waals surface area contributed by atoms with E-state index in [-0.39, 0.29) is 17.1 Å². The van der Waals surface area contributed by atoms with Gasteiger partial charge in [0.25, 0.3) is 0 Å². The van der Waals surface area contributed by atoms with E-state index in [9.17, 15) is 27.9 Å². The Balaban J connectivity index is 0.000000708. The Morgan fingerprint density at radius 3 is 2.12 bits per heavy atom. The lowest BCUT2D eigenvalue weighted by Gasteiger charge is -2.23. The fraction of sp³-hybridized carbons (Fsp3) is 0.259. The molecule has 2 aromatic carbocycles. The average Bonchev–Trinajstić information content (AvgIpc) is 2.91. The molecule has 0 amide bonds. The number of carbonyl (C=O) groups is 3. The molecule has 9 nitrogen and oxygen atoms in total. The summed E-state index contributed by atoms with van der Waals surface area (Å²) in [5.74, 6) is -2.53. The zero-order chi connectivity index (χ0) is 29.9. The summed E-state index contributed by atoms with van der Waals surface area (Å²) in [5.41, 5.74) is -1.00. The molecule has 13 heteroatoms. The summed E-state index contributed by atoms with van der Waals surface area (Å²) in [6.45, 7) is 3.29. The smallest absolute Gasteiger partial charge is 0.490 e. The van der Waals surface area contributed by atoms with Crippen molar-refractivity contribution in [1.29, 1.82) is 0 Å². The van der Waals surface area contributed by atoms with Gasteiger partial charge in [-0.25, -0.2) is 14.6 Å².